The Morgan fingerprint density at radius 3 is 0.500 bits per heavy atom. The molecule has 0 heterocycles. The van der Waals surface area contributed by atoms with Gasteiger partial charge < -0.3 is 21.9 Å². The standard InChI is InChI=1S/Fe.4H2O.Zn/h;4*1H2;/q+2;;;;;+2/p-4. The quantitative estimate of drug-likeness (QED) is 0.467. The van der Waals surface area contributed by atoms with E-state index in [1.807, 2.05) is 0 Å². The third-order valence-corrected chi connectivity index (χ3v) is 0. The second-order valence-electron chi connectivity index (χ2n) is 0. The third kappa shape index (κ3) is 81.8. The van der Waals surface area contributed by atoms with Gasteiger partial charge in [0.05, 0.1) is 0 Å². The van der Waals surface area contributed by atoms with Gasteiger partial charge in [-0.3, -0.25) is 0 Å². The Morgan fingerprint density at radius 1 is 0.500 bits per heavy atom. The SMILES string of the molecule is [Fe+2].[OH-].[OH-].[OH-].[OH-].[Zn+2]. The van der Waals surface area contributed by atoms with Gasteiger partial charge in [-0.15, -0.1) is 0 Å². The van der Waals surface area contributed by atoms with Gasteiger partial charge >= 0.3 is 36.5 Å². The van der Waals surface area contributed by atoms with Gasteiger partial charge in [0.25, 0.3) is 0 Å². The molecule has 0 amide bonds. The molecule has 0 saturated heterocycles. The van der Waals surface area contributed by atoms with Gasteiger partial charge in [-0.25, -0.2) is 0 Å². The minimum absolute atomic E-state index is 0. The van der Waals surface area contributed by atoms with Crippen LogP contribution in [0, 0.1) is 0 Å². The molecule has 0 aromatic heterocycles. The van der Waals surface area contributed by atoms with Crippen molar-refractivity contribution in [2.75, 3.05) is 0 Å². The largest absolute Gasteiger partial charge is 2.00 e. The van der Waals surface area contributed by atoms with Crippen LogP contribution in [0.15, 0.2) is 0 Å². The van der Waals surface area contributed by atoms with E-state index in [2.05, 4.69) is 0 Å². The van der Waals surface area contributed by atoms with E-state index in [-0.39, 0.29) is 58.5 Å². The molecule has 0 spiro atoms. The van der Waals surface area contributed by atoms with Crippen LogP contribution in [0.25, 0.3) is 0 Å². The van der Waals surface area contributed by atoms with Gasteiger partial charge in [-0.2, -0.15) is 0 Å². The maximum atomic E-state index is 0. The Balaban J connectivity index is 0. The number of hydrogen-bond donors (Lipinski definition) is 0. The van der Waals surface area contributed by atoms with Gasteiger partial charge in [0.1, 0.15) is 0 Å². The molecule has 0 fully saturated rings. The van der Waals surface area contributed by atoms with Gasteiger partial charge in [0.2, 0.25) is 0 Å². The topological polar surface area (TPSA) is 120 Å². The smallest absolute Gasteiger partial charge is 0.870 e. The molecule has 0 rings (SSSR count). The molecule has 0 aliphatic heterocycles. The van der Waals surface area contributed by atoms with E-state index in [0.717, 1.165) is 0 Å². The first-order valence-electron chi connectivity index (χ1n) is 0. The third-order valence-electron chi connectivity index (χ3n) is 0. The average molecular weight is 189 g/mol. The van der Waals surface area contributed by atoms with Crippen LogP contribution in [0.5, 0.6) is 0 Å². The first-order chi connectivity index (χ1) is 0. The van der Waals surface area contributed by atoms with Crippen LogP contribution in [0.1, 0.15) is 0 Å². The molecule has 6 heavy (non-hydrogen) atoms. The first-order valence-corrected chi connectivity index (χ1v) is 0. The summed E-state index contributed by atoms with van der Waals surface area (Å²) in [4.78, 5) is 0. The average Bonchev–Trinajstić information content (AvgIpc) is 0. The fourth-order valence-electron chi connectivity index (χ4n) is 0. The molecule has 4 N–H and O–H groups in total. The van der Waals surface area contributed by atoms with E-state index < -0.39 is 0 Å². The fourth-order valence-corrected chi connectivity index (χ4v) is 0. The van der Waals surface area contributed by atoms with Gasteiger partial charge in [-0.1, -0.05) is 0 Å². The predicted molar refractivity (Wildman–Crippen MR) is 7.74 cm³/mol. The Bertz CT molecular complexity index is 7.51. The summed E-state index contributed by atoms with van der Waals surface area (Å²) in [5.74, 6) is 0. The van der Waals surface area contributed by atoms with E-state index in [4.69, 9.17) is 0 Å². The Labute approximate surface area is 58.8 Å². The molecule has 38 valence electrons. The molecule has 0 unspecified atom stereocenters. The second-order valence-corrected chi connectivity index (χ2v) is 0. The molecule has 0 aromatic rings. The van der Waals surface area contributed by atoms with Crippen molar-refractivity contribution in [1.82, 2.24) is 0 Å². The van der Waals surface area contributed by atoms with E-state index in [1.165, 1.54) is 0 Å². The van der Waals surface area contributed by atoms with Gasteiger partial charge in [0.15, 0.2) is 0 Å². The summed E-state index contributed by atoms with van der Waals surface area (Å²) >= 11 is 0. The fraction of sp³-hybridized carbons (Fsp3) is 0. The van der Waals surface area contributed by atoms with Crippen LogP contribution in [0.3, 0.4) is 0 Å². The molecule has 6 heteroatoms. The summed E-state index contributed by atoms with van der Waals surface area (Å²) in [5.41, 5.74) is 0. The maximum absolute atomic E-state index is 0. The van der Waals surface area contributed by atoms with E-state index in [0.29, 0.717) is 0 Å². The van der Waals surface area contributed by atoms with Crippen molar-refractivity contribution in [2.24, 2.45) is 0 Å². The van der Waals surface area contributed by atoms with E-state index >= 15 is 0 Å². The van der Waals surface area contributed by atoms with Crippen molar-refractivity contribution in [1.29, 1.82) is 0 Å². The van der Waals surface area contributed by atoms with Crippen molar-refractivity contribution in [3.05, 3.63) is 0 Å². The summed E-state index contributed by atoms with van der Waals surface area (Å²) in [6.45, 7) is 0. The summed E-state index contributed by atoms with van der Waals surface area (Å²) in [6, 6.07) is 0. The van der Waals surface area contributed by atoms with Gasteiger partial charge in [0, 0.05) is 0 Å². The van der Waals surface area contributed by atoms with Crippen LogP contribution in [-0.2, 0) is 36.5 Å². The number of hydrogen-bond acceptors (Lipinski definition) is 4. The normalized spacial score (nSPS) is 0. The Hall–Kier alpha value is 0.983. The van der Waals surface area contributed by atoms with Crippen molar-refractivity contribution < 1.29 is 58.5 Å². The number of rotatable bonds is 0. The van der Waals surface area contributed by atoms with Crippen LogP contribution < -0.4 is 0 Å². The summed E-state index contributed by atoms with van der Waals surface area (Å²) in [5, 5.41) is 0. The Morgan fingerprint density at radius 2 is 0.500 bits per heavy atom. The summed E-state index contributed by atoms with van der Waals surface area (Å²) < 4.78 is 0. The molecule has 0 aromatic carbocycles. The second kappa shape index (κ2) is 154. The Kier molecular flexibility index (Phi) is 6630. The zero-order chi connectivity index (χ0) is 0. The van der Waals surface area contributed by atoms with Crippen LogP contribution in [-0.4, -0.2) is 21.9 Å². The van der Waals surface area contributed by atoms with Crippen LogP contribution in [0.2, 0.25) is 0 Å². The van der Waals surface area contributed by atoms with E-state index in [9.17, 15) is 0 Å². The summed E-state index contributed by atoms with van der Waals surface area (Å²) in [7, 11) is 0. The minimum atomic E-state index is 0. The molecule has 0 aliphatic carbocycles. The molecule has 0 aliphatic rings. The molecule has 0 saturated carbocycles. The molecule has 0 atom stereocenters. The predicted octanol–water partition coefficient (Wildman–Crippen LogP) is -0.712. The monoisotopic (exact) mass is 188 g/mol. The maximum Gasteiger partial charge on any atom is 2.00 e. The summed E-state index contributed by atoms with van der Waals surface area (Å²) in [6.07, 6.45) is 0. The van der Waals surface area contributed by atoms with E-state index in [1.54, 1.807) is 0 Å². The van der Waals surface area contributed by atoms with Crippen LogP contribution in [0.4, 0.5) is 0 Å². The van der Waals surface area contributed by atoms with Gasteiger partial charge in [-0.05, 0) is 0 Å². The van der Waals surface area contributed by atoms with Crippen LogP contribution >= 0.6 is 0 Å². The van der Waals surface area contributed by atoms with Crippen molar-refractivity contribution in [2.45, 2.75) is 0 Å². The molecular formula is H4FeO4Zn. The van der Waals surface area contributed by atoms with Crippen molar-refractivity contribution in [3.63, 3.8) is 0 Å². The molecule has 4 nitrogen and oxygen atoms in total. The van der Waals surface area contributed by atoms with Crippen molar-refractivity contribution in [3.8, 4) is 0 Å². The van der Waals surface area contributed by atoms with Crippen molar-refractivity contribution >= 4 is 0 Å². The molecular weight excluding hydrogens is 185 g/mol. The minimum Gasteiger partial charge on any atom is -0.870 e. The first kappa shape index (κ1) is 259. The molecule has 0 radical (unpaired) electrons. The molecule has 0 bridgehead atoms. The zero-order valence-electron chi connectivity index (χ0n) is 2.85. The zero-order valence-corrected chi connectivity index (χ0v) is 6.92.